The first kappa shape index (κ1) is 18.3. The number of benzene rings is 2. The van der Waals surface area contributed by atoms with Gasteiger partial charge < -0.3 is 0 Å². The van der Waals surface area contributed by atoms with E-state index in [1.54, 1.807) is 24.3 Å². The Morgan fingerprint density at radius 3 is 2.58 bits per heavy atom. The lowest BCUT2D eigenvalue weighted by Gasteiger charge is -2.13. The topological polar surface area (TPSA) is 54.5 Å². The van der Waals surface area contributed by atoms with Crippen LogP contribution in [0.5, 0.6) is 0 Å². The highest BCUT2D eigenvalue weighted by molar-refractivity contribution is 7.99. The summed E-state index contributed by atoms with van der Waals surface area (Å²) < 4.78 is 40.7. The first-order valence-corrected chi connectivity index (χ1v) is 8.66. The third kappa shape index (κ3) is 3.69. The average molecular weight is 395 g/mol. The summed E-state index contributed by atoms with van der Waals surface area (Å²) in [4.78, 5) is 0. The van der Waals surface area contributed by atoms with Gasteiger partial charge in [-0.25, -0.2) is 0 Å². The molecule has 2 aromatic carbocycles. The molecule has 0 atom stereocenters. The van der Waals surface area contributed by atoms with E-state index in [2.05, 4.69) is 10.2 Å². The molecule has 0 bridgehead atoms. The van der Waals surface area contributed by atoms with Crippen LogP contribution in [0.2, 0.25) is 5.02 Å². The molecular formula is C17H10ClF3N4S. The van der Waals surface area contributed by atoms with Crippen LogP contribution < -0.4 is 0 Å². The van der Waals surface area contributed by atoms with Crippen LogP contribution in [-0.2, 0) is 6.18 Å². The van der Waals surface area contributed by atoms with Crippen molar-refractivity contribution in [2.75, 3.05) is 5.75 Å². The van der Waals surface area contributed by atoms with Gasteiger partial charge in [-0.1, -0.05) is 41.6 Å². The van der Waals surface area contributed by atoms with E-state index >= 15 is 0 Å². The van der Waals surface area contributed by atoms with E-state index in [1.165, 1.54) is 16.7 Å². The van der Waals surface area contributed by atoms with E-state index in [-0.39, 0.29) is 11.4 Å². The molecular weight excluding hydrogens is 385 g/mol. The summed E-state index contributed by atoms with van der Waals surface area (Å²) in [5, 5.41) is 17.6. The number of nitriles is 1. The number of nitrogens with zero attached hydrogens (tertiary/aromatic N) is 4. The maximum Gasteiger partial charge on any atom is 0.416 e. The molecule has 3 rings (SSSR count). The Balaban J connectivity index is 2.20. The molecule has 0 aliphatic carbocycles. The molecule has 1 aromatic heterocycles. The van der Waals surface area contributed by atoms with Crippen LogP contribution in [0.1, 0.15) is 5.56 Å². The number of alkyl halides is 3. The van der Waals surface area contributed by atoms with Crippen LogP contribution in [-0.4, -0.2) is 20.5 Å². The van der Waals surface area contributed by atoms with Gasteiger partial charge in [0.25, 0.3) is 0 Å². The van der Waals surface area contributed by atoms with Gasteiger partial charge in [0.2, 0.25) is 0 Å². The second-order valence-corrected chi connectivity index (χ2v) is 6.47. The van der Waals surface area contributed by atoms with Gasteiger partial charge >= 0.3 is 6.18 Å². The Labute approximate surface area is 156 Å². The zero-order chi connectivity index (χ0) is 18.7. The predicted molar refractivity (Wildman–Crippen MR) is 93.1 cm³/mol. The summed E-state index contributed by atoms with van der Waals surface area (Å²) in [6.07, 6.45) is -4.48. The van der Waals surface area contributed by atoms with E-state index in [0.29, 0.717) is 21.6 Å². The largest absolute Gasteiger partial charge is 0.416 e. The number of halogens is 4. The maximum absolute atomic E-state index is 13.1. The smallest absolute Gasteiger partial charge is 0.270 e. The molecule has 0 saturated heterocycles. The van der Waals surface area contributed by atoms with Gasteiger partial charge in [-0.3, -0.25) is 4.57 Å². The molecule has 0 unspecified atom stereocenters. The minimum absolute atomic E-state index is 0.0830. The van der Waals surface area contributed by atoms with Crippen LogP contribution in [0.15, 0.2) is 53.7 Å². The second-order valence-electron chi connectivity index (χ2n) is 5.12. The van der Waals surface area contributed by atoms with Crippen LogP contribution in [0, 0.1) is 11.3 Å². The van der Waals surface area contributed by atoms with Crippen LogP contribution in [0.4, 0.5) is 13.2 Å². The molecule has 0 N–H and O–H groups in total. The first-order valence-electron chi connectivity index (χ1n) is 7.29. The van der Waals surface area contributed by atoms with Crippen molar-refractivity contribution in [3.8, 4) is 23.1 Å². The van der Waals surface area contributed by atoms with Crippen molar-refractivity contribution < 1.29 is 13.2 Å². The quantitative estimate of drug-likeness (QED) is 0.569. The molecule has 26 heavy (non-hydrogen) atoms. The minimum Gasteiger partial charge on any atom is -0.270 e. The zero-order valence-electron chi connectivity index (χ0n) is 13.0. The lowest BCUT2D eigenvalue weighted by molar-refractivity contribution is -0.137. The molecule has 4 nitrogen and oxygen atoms in total. The van der Waals surface area contributed by atoms with Crippen LogP contribution in [0.3, 0.4) is 0 Å². The lowest BCUT2D eigenvalue weighted by atomic mass is 10.1. The van der Waals surface area contributed by atoms with Crippen molar-refractivity contribution in [3.05, 3.63) is 59.1 Å². The van der Waals surface area contributed by atoms with E-state index in [4.69, 9.17) is 16.9 Å². The van der Waals surface area contributed by atoms with Gasteiger partial charge in [0.1, 0.15) is 0 Å². The molecule has 3 aromatic rings. The average Bonchev–Trinajstić information content (AvgIpc) is 3.03. The van der Waals surface area contributed by atoms with Gasteiger partial charge in [0, 0.05) is 5.56 Å². The molecule has 132 valence electrons. The maximum atomic E-state index is 13.1. The van der Waals surface area contributed by atoms with Crippen molar-refractivity contribution in [2.45, 2.75) is 11.3 Å². The predicted octanol–water partition coefficient (Wildman–Crippen LogP) is 5.22. The molecule has 0 amide bonds. The van der Waals surface area contributed by atoms with Crippen molar-refractivity contribution >= 4 is 23.4 Å². The summed E-state index contributed by atoms with van der Waals surface area (Å²) in [5.74, 6) is 0.384. The summed E-state index contributed by atoms with van der Waals surface area (Å²) in [6, 6.07) is 13.7. The summed E-state index contributed by atoms with van der Waals surface area (Å²) in [6.45, 7) is 0. The Morgan fingerprint density at radius 2 is 1.88 bits per heavy atom. The number of hydrogen-bond donors (Lipinski definition) is 0. The second kappa shape index (κ2) is 7.40. The SMILES string of the molecule is N#CCSc1nnc(-c2ccccc2Cl)n1-c1cccc(C(F)(F)F)c1. The molecule has 1 heterocycles. The summed E-state index contributed by atoms with van der Waals surface area (Å²) in [5.41, 5.74) is -0.0203. The summed E-state index contributed by atoms with van der Waals surface area (Å²) in [7, 11) is 0. The fraction of sp³-hybridized carbons (Fsp3) is 0.118. The minimum atomic E-state index is -4.48. The molecule has 9 heteroatoms. The highest BCUT2D eigenvalue weighted by atomic mass is 35.5. The Morgan fingerprint density at radius 1 is 1.12 bits per heavy atom. The molecule has 0 spiro atoms. The molecule has 0 saturated carbocycles. The molecule has 0 aliphatic heterocycles. The van der Waals surface area contributed by atoms with Crippen molar-refractivity contribution in [1.29, 1.82) is 5.26 Å². The van der Waals surface area contributed by atoms with Crippen molar-refractivity contribution in [3.63, 3.8) is 0 Å². The molecule has 0 radical (unpaired) electrons. The van der Waals surface area contributed by atoms with Crippen LogP contribution >= 0.6 is 23.4 Å². The fourth-order valence-corrected chi connectivity index (χ4v) is 3.16. The summed E-state index contributed by atoms with van der Waals surface area (Å²) >= 11 is 7.30. The third-order valence-electron chi connectivity index (χ3n) is 3.45. The van der Waals surface area contributed by atoms with Gasteiger partial charge in [-0.15, -0.1) is 10.2 Å². The zero-order valence-corrected chi connectivity index (χ0v) is 14.6. The first-order chi connectivity index (χ1) is 12.4. The standard InChI is InChI=1S/C17H10ClF3N4S/c18-14-7-2-1-6-13(14)15-23-24-16(26-9-8-22)25(15)12-5-3-4-11(10-12)17(19,20)21/h1-7,10H,9H2. The van der Waals surface area contributed by atoms with E-state index < -0.39 is 11.7 Å². The lowest BCUT2D eigenvalue weighted by Crippen LogP contribution is -2.07. The Kier molecular flexibility index (Phi) is 5.20. The Hall–Kier alpha value is -2.50. The fourth-order valence-electron chi connectivity index (χ4n) is 2.33. The van der Waals surface area contributed by atoms with E-state index in [1.807, 2.05) is 6.07 Å². The van der Waals surface area contributed by atoms with Crippen molar-refractivity contribution in [1.82, 2.24) is 14.8 Å². The Bertz CT molecular complexity index is 979. The number of hydrogen-bond acceptors (Lipinski definition) is 4. The number of thioether (sulfide) groups is 1. The van der Waals surface area contributed by atoms with E-state index in [0.717, 1.165) is 23.9 Å². The highest BCUT2D eigenvalue weighted by Crippen LogP contribution is 2.34. The normalized spacial score (nSPS) is 11.3. The van der Waals surface area contributed by atoms with Gasteiger partial charge in [0.05, 0.1) is 28.1 Å². The molecule has 0 fully saturated rings. The number of aromatic nitrogens is 3. The van der Waals surface area contributed by atoms with Gasteiger partial charge in [-0.2, -0.15) is 18.4 Å². The van der Waals surface area contributed by atoms with Crippen LogP contribution in [0.25, 0.3) is 17.1 Å². The third-order valence-corrected chi connectivity index (χ3v) is 4.57. The molecule has 0 aliphatic rings. The van der Waals surface area contributed by atoms with Gasteiger partial charge in [0.15, 0.2) is 11.0 Å². The number of rotatable bonds is 4. The van der Waals surface area contributed by atoms with Crippen molar-refractivity contribution in [2.24, 2.45) is 0 Å². The van der Waals surface area contributed by atoms with E-state index in [9.17, 15) is 13.2 Å². The van der Waals surface area contributed by atoms with Gasteiger partial charge in [-0.05, 0) is 30.3 Å². The highest BCUT2D eigenvalue weighted by Gasteiger charge is 2.31. The monoisotopic (exact) mass is 394 g/mol.